The van der Waals surface area contributed by atoms with Crippen molar-refractivity contribution in [2.75, 3.05) is 0 Å². The molecule has 0 aromatic heterocycles. The van der Waals surface area contributed by atoms with Crippen molar-refractivity contribution in [3.8, 4) is 0 Å². The second kappa shape index (κ2) is 19.3. The Morgan fingerprint density at radius 2 is 0.529 bits per heavy atom. The number of carbonyl (C=O) groups excluding carboxylic acids is 1. The summed E-state index contributed by atoms with van der Waals surface area (Å²) in [5.41, 5.74) is -4.05. The number of esters is 1. The summed E-state index contributed by atoms with van der Waals surface area (Å²) in [7, 11) is 0. The van der Waals surface area contributed by atoms with E-state index in [2.05, 4.69) is 4.74 Å². The number of carbonyl (C=O) groups is 1. The summed E-state index contributed by atoms with van der Waals surface area (Å²) in [6.45, 7) is 1.38. The fraction of sp³-hybridized carbons (Fsp3) is 0.969. The Kier molecular flexibility index (Phi) is 18.4. The number of ether oxygens (including phenoxy) is 1. The van der Waals surface area contributed by atoms with Crippen LogP contribution >= 0.6 is 0 Å². The van der Waals surface area contributed by atoms with Crippen LogP contribution in [0, 0.1) is 0 Å². The Bertz CT molecular complexity index is 1570. The zero-order chi connectivity index (χ0) is 55.3. The van der Waals surface area contributed by atoms with Crippen LogP contribution in [0.5, 0.6) is 0 Å². The number of unbranched alkanes of at least 4 members (excludes halogenated alkanes) is 6. The summed E-state index contributed by atoms with van der Waals surface area (Å²) >= 11 is 0. The molecule has 0 bridgehead atoms. The third-order valence-corrected chi connectivity index (χ3v) is 9.85. The van der Waals surface area contributed by atoms with Gasteiger partial charge in [-0.05, 0) is 26.2 Å². The van der Waals surface area contributed by atoms with Gasteiger partial charge in [-0.3, -0.25) is 4.79 Å². The maximum absolute atomic E-state index is 14.7. The van der Waals surface area contributed by atoms with Crippen molar-refractivity contribution >= 4 is 5.97 Å². The van der Waals surface area contributed by atoms with Crippen molar-refractivity contribution < 1.29 is 159 Å². The van der Waals surface area contributed by atoms with Gasteiger partial charge in [0, 0.05) is 19.3 Å². The lowest BCUT2D eigenvalue weighted by atomic mass is 9.83. The minimum Gasteiger partial charge on any atom is -0.459 e. The van der Waals surface area contributed by atoms with Crippen molar-refractivity contribution in [1.82, 2.24) is 0 Å². The van der Waals surface area contributed by atoms with Gasteiger partial charge in [-0.1, -0.05) is 45.4 Å². The average Bonchev–Trinajstić information content (AvgIpc) is 3.14. The summed E-state index contributed by atoms with van der Waals surface area (Å²) < 4.78 is 470. The minimum absolute atomic E-state index is 0.0894. The van der Waals surface area contributed by atoms with Gasteiger partial charge in [0.2, 0.25) is 0 Å². The second-order valence-electron chi connectivity index (χ2n) is 15.1. The molecule has 36 heteroatoms. The van der Waals surface area contributed by atoms with Gasteiger partial charge in [-0.25, -0.2) is 0 Å². The molecule has 0 aromatic carbocycles. The highest BCUT2D eigenvalue weighted by Crippen LogP contribution is 2.66. The number of hydrogen-bond donors (Lipinski definition) is 0. The average molecular weight is 1090 g/mol. The zero-order valence-electron chi connectivity index (χ0n) is 33.2. The first-order valence-electron chi connectivity index (χ1n) is 18.0. The molecule has 0 unspecified atom stereocenters. The van der Waals surface area contributed by atoms with Crippen molar-refractivity contribution in [2.45, 2.75) is 192 Å². The minimum atomic E-state index is -9.18. The number of alkyl halides is 34. The molecule has 0 aliphatic carbocycles. The lowest BCUT2D eigenvalue weighted by Crippen LogP contribution is -2.74. The normalized spacial score (nSPS) is 16.1. The topological polar surface area (TPSA) is 26.3 Å². The first kappa shape index (κ1) is 65.1. The summed E-state index contributed by atoms with van der Waals surface area (Å²) in [5.74, 6) is -124. The molecule has 0 aliphatic rings. The van der Waals surface area contributed by atoms with Gasteiger partial charge in [0.1, 0.15) is 5.60 Å². The third-order valence-electron chi connectivity index (χ3n) is 9.85. The fourth-order valence-corrected chi connectivity index (χ4v) is 5.33. The standard InChI is InChI=1S/C32H30F34O2/c1-3-4-5-6-7-8-9-10-15(67)68-16(2,11-13-17(33,34)19(37,38)21(41,42)23(45,46)25(49,50)27(53,54)29(57,58)31(61,62)63)12-14-18(35,36)20(39,40)22(43,44)24(47,48)26(51,52)28(55,56)30(59,60)32(64,65)66/h3-14H2,1-2H3. The van der Waals surface area contributed by atoms with Crippen LogP contribution in [-0.2, 0) is 9.53 Å². The van der Waals surface area contributed by atoms with Gasteiger partial charge in [0.15, 0.2) is 0 Å². The lowest BCUT2D eigenvalue weighted by Gasteiger charge is -2.43. The molecular formula is C32H30F34O2. The molecule has 0 amide bonds. The number of halogens is 34. The van der Waals surface area contributed by atoms with Crippen molar-refractivity contribution in [3.05, 3.63) is 0 Å². The Balaban J connectivity index is 7.32. The highest BCUT2D eigenvalue weighted by Gasteiger charge is 2.97. The molecule has 2 nitrogen and oxygen atoms in total. The van der Waals surface area contributed by atoms with E-state index in [0.717, 1.165) is 0 Å². The van der Waals surface area contributed by atoms with Crippen molar-refractivity contribution in [3.63, 3.8) is 0 Å². The Morgan fingerprint density at radius 1 is 0.309 bits per heavy atom. The molecule has 0 rings (SSSR count). The maximum Gasteiger partial charge on any atom is 0.460 e. The SMILES string of the molecule is CCCCCCCCCC(=O)OC(C)(CCC(F)(F)C(F)(F)C(F)(F)C(F)(F)C(F)(F)C(F)(F)C(F)(F)C(F)(F)F)CCC(F)(F)C(F)(F)C(F)(F)C(F)(F)C(F)(F)C(F)(F)C(F)(F)C(F)(F)F. The molecule has 0 heterocycles. The first-order valence-corrected chi connectivity index (χ1v) is 18.0. The molecule has 408 valence electrons. The summed E-state index contributed by atoms with van der Waals surface area (Å²) in [4.78, 5) is 12.4. The van der Waals surface area contributed by atoms with Crippen LogP contribution in [-0.4, -0.2) is 107 Å². The molecule has 0 spiro atoms. The fourth-order valence-electron chi connectivity index (χ4n) is 5.33. The van der Waals surface area contributed by atoms with E-state index >= 15 is 0 Å². The number of rotatable bonds is 27. The van der Waals surface area contributed by atoms with E-state index in [4.69, 9.17) is 0 Å². The van der Waals surface area contributed by atoms with E-state index < -0.39 is 145 Å². The lowest BCUT2D eigenvalue weighted by molar-refractivity contribution is -0.462. The highest BCUT2D eigenvalue weighted by atomic mass is 19.4. The van der Waals surface area contributed by atoms with Crippen LogP contribution in [0.4, 0.5) is 149 Å². The first-order chi connectivity index (χ1) is 29.4. The quantitative estimate of drug-likeness (QED) is 0.0466. The molecule has 0 N–H and O–H groups in total. The second-order valence-corrected chi connectivity index (χ2v) is 15.1. The van der Waals surface area contributed by atoms with Crippen LogP contribution in [0.2, 0.25) is 0 Å². The number of hydrogen-bond acceptors (Lipinski definition) is 2. The maximum atomic E-state index is 14.7. The van der Waals surface area contributed by atoms with E-state index in [-0.39, 0.29) is 19.8 Å². The van der Waals surface area contributed by atoms with Crippen LogP contribution in [0.25, 0.3) is 0 Å². The van der Waals surface area contributed by atoms with Crippen LogP contribution in [0.3, 0.4) is 0 Å². The molecular weight excluding hydrogens is 1060 g/mol. The highest BCUT2D eigenvalue weighted by molar-refractivity contribution is 5.69. The molecule has 0 aliphatic heterocycles. The molecule has 0 aromatic rings. The van der Waals surface area contributed by atoms with Crippen molar-refractivity contribution in [2.24, 2.45) is 0 Å². The van der Waals surface area contributed by atoms with Gasteiger partial charge >= 0.3 is 101 Å². The molecule has 68 heavy (non-hydrogen) atoms. The predicted octanol–water partition coefficient (Wildman–Crippen LogP) is 16.0. The molecule has 0 fully saturated rings. The van der Waals surface area contributed by atoms with E-state index in [1.807, 2.05) is 0 Å². The van der Waals surface area contributed by atoms with Crippen LogP contribution < -0.4 is 0 Å². The smallest absolute Gasteiger partial charge is 0.459 e. The molecule has 0 saturated heterocycles. The van der Waals surface area contributed by atoms with Gasteiger partial charge in [0.25, 0.3) is 0 Å². The Hall–Kier alpha value is -2.91. The largest absolute Gasteiger partial charge is 0.460 e. The van der Waals surface area contributed by atoms with Crippen LogP contribution in [0.15, 0.2) is 0 Å². The van der Waals surface area contributed by atoms with E-state index in [9.17, 15) is 154 Å². The molecule has 0 radical (unpaired) electrons. The summed E-state index contributed by atoms with van der Waals surface area (Å²) in [6, 6.07) is 0. The van der Waals surface area contributed by atoms with E-state index in [1.54, 1.807) is 6.92 Å². The van der Waals surface area contributed by atoms with E-state index in [1.165, 1.54) is 0 Å². The predicted molar refractivity (Wildman–Crippen MR) is 157 cm³/mol. The van der Waals surface area contributed by atoms with Gasteiger partial charge in [-0.15, -0.1) is 0 Å². The van der Waals surface area contributed by atoms with Gasteiger partial charge < -0.3 is 4.74 Å². The molecule has 0 atom stereocenters. The monoisotopic (exact) mass is 1090 g/mol. The van der Waals surface area contributed by atoms with Gasteiger partial charge in [0.05, 0.1) is 0 Å². The van der Waals surface area contributed by atoms with Crippen LogP contribution in [0.1, 0.15) is 90.9 Å². The summed E-state index contributed by atoms with van der Waals surface area (Å²) in [6.07, 6.45) is -28.9. The zero-order valence-corrected chi connectivity index (χ0v) is 33.2. The van der Waals surface area contributed by atoms with E-state index in [0.29, 0.717) is 25.7 Å². The Labute approximate surface area is 357 Å². The summed E-state index contributed by atoms with van der Waals surface area (Å²) in [5, 5.41) is 0. The van der Waals surface area contributed by atoms with Crippen molar-refractivity contribution in [1.29, 1.82) is 0 Å². The molecule has 0 saturated carbocycles. The Morgan fingerprint density at radius 3 is 0.779 bits per heavy atom. The van der Waals surface area contributed by atoms with Gasteiger partial charge in [-0.2, -0.15) is 149 Å². The third kappa shape index (κ3) is 10.7.